The average Bonchev–Trinajstić information content (AvgIpc) is 2.71. The summed E-state index contributed by atoms with van der Waals surface area (Å²) in [5, 5.41) is 5.92. The van der Waals surface area contributed by atoms with Gasteiger partial charge in [-0.25, -0.2) is 4.39 Å². The first-order valence-corrected chi connectivity index (χ1v) is 9.03. The lowest BCUT2D eigenvalue weighted by Crippen LogP contribution is -2.39. The Morgan fingerprint density at radius 1 is 1.21 bits per heavy atom. The number of rotatable bonds is 7. The van der Waals surface area contributed by atoms with Gasteiger partial charge in [0.15, 0.2) is 17.5 Å². The highest BCUT2D eigenvalue weighted by atomic mass is 127. The second kappa shape index (κ2) is 12.3. The molecule has 1 amide bonds. The van der Waals surface area contributed by atoms with Crippen LogP contribution in [0.3, 0.4) is 0 Å². The third-order valence-electron chi connectivity index (χ3n) is 4.32. The molecule has 0 saturated carbocycles. The van der Waals surface area contributed by atoms with Gasteiger partial charge in [0.2, 0.25) is 0 Å². The minimum Gasteiger partial charge on any atom is -0.494 e. The molecule has 0 spiro atoms. The van der Waals surface area contributed by atoms with E-state index in [4.69, 9.17) is 4.74 Å². The van der Waals surface area contributed by atoms with Crippen LogP contribution in [0.5, 0.6) is 5.75 Å². The van der Waals surface area contributed by atoms with Crippen LogP contribution in [0.15, 0.2) is 47.5 Å². The maximum absolute atomic E-state index is 13.9. The summed E-state index contributed by atoms with van der Waals surface area (Å²) in [5.41, 5.74) is 2.52. The number of carbonyl (C=O) groups is 1. The van der Waals surface area contributed by atoms with E-state index in [2.05, 4.69) is 15.6 Å². The molecular formula is C21H28FIN4O2. The second-order valence-corrected chi connectivity index (χ2v) is 6.33. The molecule has 0 saturated heterocycles. The summed E-state index contributed by atoms with van der Waals surface area (Å²) in [4.78, 5) is 17.9. The number of nitrogens with one attached hydrogen (secondary N) is 2. The number of nitrogens with zero attached hydrogens (tertiary/aromatic N) is 2. The van der Waals surface area contributed by atoms with Crippen molar-refractivity contribution < 1.29 is 13.9 Å². The van der Waals surface area contributed by atoms with Crippen molar-refractivity contribution in [3.63, 3.8) is 0 Å². The first-order valence-electron chi connectivity index (χ1n) is 9.03. The van der Waals surface area contributed by atoms with E-state index in [9.17, 15) is 9.18 Å². The molecule has 158 valence electrons. The Hall–Kier alpha value is -2.36. The third-order valence-corrected chi connectivity index (χ3v) is 4.32. The van der Waals surface area contributed by atoms with Gasteiger partial charge in [-0.2, -0.15) is 0 Å². The van der Waals surface area contributed by atoms with Crippen LogP contribution in [0.1, 0.15) is 21.5 Å². The van der Waals surface area contributed by atoms with Crippen LogP contribution in [0.4, 0.5) is 4.39 Å². The predicted octanol–water partition coefficient (Wildman–Crippen LogP) is 3.06. The van der Waals surface area contributed by atoms with Crippen molar-refractivity contribution in [2.75, 3.05) is 34.8 Å². The third kappa shape index (κ3) is 7.19. The zero-order valence-corrected chi connectivity index (χ0v) is 19.5. The summed E-state index contributed by atoms with van der Waals surface area (Å²) in [6.07, 6.45) is 0.745. The fourth-order valence-corrected chi connectivity index (χ4v) is 2.87. The Balaban J connectivity index is 0.00000420. The van der Waals surface area contributed by atoms with Gasteiger partial charge in [-0.1, -0.05) is 18.2 Å². The van der Waals surface area contributed by atoms with Gasteiger partial charge in [0, 0.05) is 39.8 Å². The molecule has 0 unspecified atom stereocenters. The molecule has 0 radical (unpaired) electrons. The number of methoxy groups -OCH3 is 1. The monoisotopic (exact) mass is 514 g/mol. The van der Waals surface area contributed by atoms with E-state index < -0.39 is 0 Å². The van der Waals surface area contributed by atoms with Gasteiger partial charge in [-0.05, 0) is 41.8 Å². The standard InChI is InChI=1S/C21H27FN4O2.HI/c1-23-20(27)17-7-5-6-15(12-17)10-11-25-21(24-2)26(3)14-16-8-9-19(28-4)18(22)13-16;/h5-9,12-13H,10-11,14H2,1-4H3,(H,23,27)(H,24,25);1H. The summed E-state index contributed by atoms with van der Waals surface area (Å²) < 4.78 is 18.8. The summed E-state index contributed by atoms with van der Waals surface area (Å²) in [6, 6.07) is 12.4. The van der Waals surface area contributed by atoms with E-state index in [0.29, 0.717) is 24.6 Å². The van der Waals surface area contributed by atoms with Crippen molar-refractivity contribution in [1.82, 2.24) is 15.5 Å². The number of amides is 1. The Morgan fingerprint density at radius 2 is 1.97 bits per heavy atom. The zero-order chi connectivity index (χ0) is 20.5. The Labute approximate surface area is 188 Å². The van der Waals surface area contributed by atoms with Gasteiger partial charge >= 0.3 is 0 Å². The van der Waals surface area contributed by atoms with Crippen molar-refractivity contribution in [2.45, 2.75) is 13.0 Å². The van der Waals surface area contributed by atoms with Crippen LogP contribution in [0, 0.1) is 5.82 Å². The predicted molar refractivity (Wildman–Crippen MR) is 125 cm³/mol. The van der Waals surface area contributed by atoms with Crippen molar-refractivity contribution in [3.05, 3.63) is 65.0 Å². The first-order chi connectivity index (χ1) is 13.5. The molecule has 0 atom stereocenters. The number of ether oxygens (including phenoxy) is 1. The fraction of sp³-hybridized carbons (Fsp3) is 0.333. The van der Waals surface area contributed by atoms with Crippen LogP contribution in [0.2, 0.25) is 0 Å². The van der Waals surface area contributed by atoms with Crippen LogP contribution in [-0.2, 0) is 13.0 Å². The molecule has 0 aromatic heterocycles. The van der Waals surface area contributed by atoms with Crippen LogP contribution in [0.25, 0.3) is 0 Å². The van der Waals surface area contributed by atoms with Crippen molar-refractivity contribution in [1.29, 1.82) is 0 Å². The Kier molecular flexibility index (Phi) is 10.4. The Bertz CT molecular complexity index is 845. The molecule has 0 aliphatic rings. The highest BCUT2D eigenvalue weighted by Crippen LogP contribution is 2.18. The number of guanidine groups is 1. The molecule has 29 heavy (non-hydrogen) atoms. The van der Waals surface area contributed by atoms with Crippen LogP contribution < -0.4 is 15.4 Å². The highest BCUT2D eigenvalue weighted by Gasteiger charge is 2.10. The van der Waals surface area contributed by atoms with Crippen LogP contribution >= 0.6 is 24.0 Å². The van der Waals surface area contributed by atoms with Crippen molar-refractivity contribution in [2.24, 2.45) is 4.99 Å². The molecular weight excluding hydrogens is 486 g/mol. The minimum absolute atomic E-state index is 0. The van der Waals surface area contributed by atoms with E-state index in [-0.39, 0.29) is 41.5 Å². The highest BCUT2D eigenvalue weighted by molar-refractivity contribution is 14.0. The zero-order valence-electron chi connectivity index (χ0n) is 17.2. The molecule has 2 aromatic rings. The average molecular weight is 514 g/mol. The molecule has 8 heteroatoms. The first kappa shape index (κ1) is 24.7. The van der Waals surface area contributed by atoms with E-state index in [1.165, 1.54) is 13.2 Å². The lowest BCUT2D eigenvalue weighted by atomic mass is 10.1. The largest absolute Gasteiger partial charge is 0.494 e. The number of hydrogen-bond acceptors (Lipinski definition) is 3. The van der Waals surface area contributed by atoms with E-state index in [0.717, 1.165) is 17.5 Å². The van der Waals surface area contributed by atoms with Gasteiger partial charge < -0.3 is 20.3 Å². The molecule has 0 aliphatic heterocycles. The van der Waals surface area contributed by atoms with Crippen LogP contribution in [-0.4, -0.2) is 51.6 Å². The number of benzene rings is 2. The maximum atomic E-state index is 13.9. The molecule has 0 heterocycles. The lowest BCUT2D eigenvalue weighted by Gasteiger charge is -2.22. The normalized spacial score (nSPS) is 10.7. The fourth-order valence-electron chi connectivity index (χ4n) is 2.87. The van der Waals surface area contributed by atoms with Gasteiger partial charge in [0.25, 0.3) is 5.91 Å². The molecule has 2 rings (SSSR count). The van der Waals surface area contributed by atoms with Crippen molar-refractivity contribution >= 4 is 35.8 Å². The van der Waals surface area contributed by atoms with E-state index in [1.54, 1.807) is 26.2 Å². The summed E-state index contributed by atoms with van der Waals surface area (Å²) >= 11 is 0. The maximum Gasteiger partial charge on any atom is 0.251 e. The molecule has 0 aliphatic carbocycles. The van der Waals surface area contributed by atoms with Gasteiger partial charge in [0.05, 0.1) is 7.11 Å². The topological polar surface area (TPSA) is 66.0 Å². The molecule has 2 N–H and O–H groups in total. The van der Waals surface area contributed by atoms with Crippen molar-refractivity contribution in [3.8, 4) is 5.75 Å². The number of hydrogen-bond donors (Lipinski definition) is 2. The summed E-state index contributed by atoms with van der Waals surface area (Å²) in [5.74, 6) is 0.455. The van der Waals surface area contributed by atoms with Gasteiger partial charge in [0.1, 0.15) is 0 Å². The lowest BCUT2D eigenvalue weighted by molar-refractivity contribution is 0.0963. The SMILES string of the molecule is CN=C(NCCc1cccc(C(=O)NC)c1)N(C)Cc1ccc(OC)c(F)c1.I. The minimum atomic E-state index is -0.382. The van der Waals surface area contributed by atoms with E-state index >= 15 is 0 Å². The number of carbonyl (C=O) groups excluding carboxylic acids is 1. The van der Waals surface area contributed by atoms with Gasteiger partial charge in [-0.15, -0.1) is 24.0 Å². The Morgan fingerprint density at radius 3 is 2.59 bits per heavy atom. The summed E-state index contributed by atoms with van der Waals surface area (Å²) in [6.45, 7) is 1.16. The quantitative estimate of drug-likeness (QED) is 0.339. The molecule has 6 nitrogen and oxygen atoms in total. The molecule has 2 aromatic carbocycles. The number of halogens is 2. The number of aliphatic imine (C=N–C) groups is 1. The second-order valence-electron chi connectivity index (χ2n) is 6.33. The van der Waals surface area contributed by atoms with E-state index in [1.807, 2.05) is 36.2 Å². The molecule has 0 bridgehead atoms. The molecule has 0 fully saturated rings. The smallest absolute Gasteiger partial charge is 0.251 e. The van der Waals surface area contributed by atoms with Gasteiger partial charge in [-0.3, -0.25) is 9.79 Å². The summed E-state index contributed by atoms with van der Waals surface area (Å²) in [7, 11) is 6.66.